The minimum Gasteiger partial charge on any atom is -0.491 e. The van der Waals surface area contributed by atoms with E-state index in [1.165, 1.54) is 0 Å². The average Bonchev–Trinajstić information content (AvgIpc) is 2.55. The third-order valence-electron chi connectivity index (χ3n) is 3.38. The Bertz CT molecular complexity index is 593. The predicted octanol–water partition coefficient (Wildman–Crippen LogP) is 3.96. The van der Waals surface area contributed by atoms with Crippen LogP contribution < -0.4 is 10.1 Å². The molecule has 2 aromatic carbocycles. The van der Waals surface area contributed by atoms with E-state index in [2.05, 4.69) is 5.32 Å². The molecule has 0 aliphatic heterocycles. The molecule has 2 aromatic rings. The van der Waals surface area contributed by atoms with Crippen molar-refractivity contribution in [3.05, 3.63) is 64.1 Å². The topological polar surface area (TPSA) is 41.5 Å². The summed E-state index contributed by atoms with van der Waals surface area (Å²) in [5.41, 5.74) is 1.09. The number of aliphatic hydroxyl groups excluding tert-OH is 1. The average molecular weight is 354 g/mol. The molecule has 0 radical (unpaired) electrons. The highest BCUT2D eigenvalue weighted by Gasteiger charge is 2.05. The van der Waals surface area contributed by atoms with Gasteiger partial charge in [-0.05, 0) is 49.2 Å². The van der Waals surface area contributed by atoms with Gasteiger partial charge in [-0.1, -0.05) is 47.5 Å². The largest absolute Gasteiger partial charge is 0.491 e. The summed E-state index contributed by atoms with van der Waals surface area (Å²) in [5.74, 6) is 0.768. The molecule has 124 valence electrons. The molecule has 0 aliphatic carbocycles. The minimum absolute atomic E-state index is 0.278. The van der Waals surface area contributed by atoms with E-state index in [1.54, 1.807) is 6.07 Å². The van der Waals surface area contributed by atoms with Crippen molar-refractivity contribution in [1.82, 2.24) is 5.32 Å². The molecule has 0 spiro atoms. The number of nitrogens with one attached hydrogen (secondary N) is 1. The van der Waals surface area contributed by atoms with Crippen LogP contribution in [0.2, 0.25) is 10.0 Å². The Morgan fingerprint density at radius 2 is 1.87 bits per heavy atom. The Balaban J connectivity index is 1.58. The monoisotopic (exact) mass is 353 g/mol. The van der Waals surface area contributed by atoms with E-state index in [0.717, 1.165) is 30.7 Å². The van der Waals surface area contributed by atoms with Gasteiger partial charge in [-0.3, -0.25) is 0 Å². The van der Waals surface area contributed by atoms with Gasteiger partial charge >= 0.3 is 0 Å². The molecule has 2 rings (SSSR count). The third kappa shape index (κ3) is 6.80. The van der Waals surface area contributed by atoms with Gasteiger partial charge < -0.3 is 15.2 Å². The van der Waals surface area contributed by atoms with Crippen LogP contribution >= 0.6 is 23.2 Å². The molecule has 0 saturated heterocycles. The lowest BCUT2D eigenvalue weighted by Crippen LogP contribution is -2.32. The van der Waals surface area contributed by atoms with Gasteiger partial charge in [0.2, 0.25) is 0 Å². The fourth-order valence-corrected chi connectivity index (χ4v) is 2.67. The molecule has 1 atom stereocenters. The van der Waals surface area contributed by atoms with Gasteiger partial charge in [-0.25, -0.2) is 0 Å². The van der Waals surface area contributed by atoms with E-state index < -0.39 is 6.10 Å². The van der Waals surface area contributed by atoms with Crippen molar-refractivity contribution in [3.8, 4) is 5.75 Å². The van der Waals surface area contributed by atoms with Gasteiger partial charge in [0.05, 0.1) is 0 Å². The van der Waals surface area contributed by atoms with Crippen molar-refractivity contribution in [2.24, 2.45) is 0 Å². The van der Waals surface area contributed by atoms with Gasteiger partial charge in [0, 0.05) is 16.6 Å². The van der Waals surface area contributed by atoms with Crippen molar-refractivity contribution >= 4 is 23.2 Å². The second-order valence-corrected chi connectivity index (χ2v) is 6.16. The Labute approximate surface area is 147 Å². The van der Waals surface area contributed by atoms with E-state index in [0.29, 0.717) is 16.6 Å². The second-order valence-electron chi connectivity index (χ2n) is 5.32. The summed E-state index contributed by atoms with van der Waals surface area (Å²) in [5, 5.41) is 14.5. The Morgan fingerprint density at radius 1 is 1.09 bits per heavy atom. The van der Waals surface area contributed by atoms with Crippen LogP contribution in [-0.2, 0) is 6.42 Å². The molecule has 0 amide bonds. The molecule has 0 fully saturated rings. The molecule has 0 aromatic heterocycles. The Kier molecular flexibility index (Phi) is 7.69. The minimum atomic E-state index is -0.533. The molecule has 0 heterocycles. The van der Waals surface area contributed by atoms with Crippen molar-refractivity contribution < 1.29 is 9.84 Å². The Hall–Kier alpha value is -1.26. The van der Waals surface area contributed by atoms with Crippen LogP contribution in [0.25, 0.3) is 0 Å². The summed E-state index contributed by atoms with van der Waals surface area (Å²) in [6.45, 7) is 1.59. The van der Waals surface area contributed by atoms with E-state index >= 15 is 0 Å². The lowest BCUT2D eigenvalue weighted by molar-refractivity contribution is 0.106. The maximum atomic E-state index is 9.88. The highest BCUT2D eigenvalue weighted by molar-refractivity contribution is 6.35. The standard InChI is InChI=1S/C18H21Cl2NO2/c19-15-9-8-14(18(20)11-15)5-4-10-21-12-16(22)13-23-17-6-2-1-3-7-17/h1-3,6-9,11,16,21-22H,4-5,10,12-13H2. The first kappa shape index (κ1) is 18.1. The van der Waals surface area contributed by atoms with Gasteiger partial charge in [-0.2, -0.15) is 0 Å². The number of halogens is 2. The summed E-state index contributed by atoms with van der Waals surface area (Å²) < 4.78 is 5.50. The number of para-hydroxylation sites is 1. The van der Waals surface area contributed by atoms with E-state index in [-0.39, 0.29) is 6.61 Å². The molecular formula is C18H21Cl2NO2. The van der Waals surface area contributed by atoms with Crippen LogP contribution in [0, 0.1) is 0 Å². The number of aliphatic hydroxyl groups is 1. The zero-order valence-electron chi connectivity index (χ0n) is 12.8. The van der Waals surface area contributed by atoms with Crippen LogP contribution in [0.1, 0.15) is 12.0 Å². The van der Waals surface area contributed by atoms with E-state index in [1.807, 2.05) is 42.5 Å². The molecule has 1 unspecified atom stereocenters. The predicted molar refractivity (Wildman–Crippen MR) is 95.6 cm³/mol. The van der Waals surface area contributed by atoms with E-state index in [4.69, 9.17) is 27.9 Å². The summed E-state index contributed by atoms with van der Waals surface area (Å²) in [4.78, 5) is 0. The first-order valence-corrected chi connectivity index (χ1v) is 8.41. The molecule has 5 heteroatoms. The number of ether oxygens (including phenoxy) is 1. The first-order chi connectivity index (χ1) is 11.1. The van der Waals surface area contributed by atoms with Crippen LogP contribution in [0.15, 0.2) is 48.5 Å². The molecule has 0 saturated carbocycles. The van der Waals surface area contributed by atoms with Crippen molar-refractivity contribution in [1.29, 1.82) is 0 Å². The van der Waals surface area contributed by atoms with Gasteiger partial charge in [0.25, 0.3) is 0 Å². The fourth-order valence-electron chi connectivity index (χ4n) is 2.17. The lowest BCUT2D eigenvalue weighted by Gasteiger charge is -2.13. The van der Waals surface area contributed by atoms with Crippen LogP contribution in [0.3, 0.4) is 0 Å². The zero-order chi connectivity index (χ0) is 16.5. The Morgan fingerprint density at radius 3 is 2.61 bits per heavy atom. The van der Waals surface area contributed by atoms with Crippen LogP contribution in [0.4, 0.5) is 0 Å². The highest BCUT2D eigenvalue weighted by atomic mass is 35.5. The number of hydrogen-bond donors (Lipinski definition) is 2. The first-order valence-electron chi connectivity index (χ1n) is 7.65. The molecule has 2 N–H and O–H groups in total. The molecule has 0 bridgehead atoms. The number of aryl methyl sites for hydroxylation is 1. The summed E-state index contributed by atoms with van der Waals surface area (Å²) >= 11 is 12.0. The summed E-state index contributed by atoms with van der Waals surface area (Å²) in [7, 11) is 0. The SMILES string of the molecule is OC(CNCCCc1ccc(Cl)cc1Cl)COc1ccccc1. The summed E-state index contributed by atoms with van der Waals surface area (Å²) in [6.07, 6.45) is 1.28. The normalized spacial score (nSPS) is 12.1. The van der Waals surface area contributed by atoms with Crippen molar-refractivity contribution in [2.45, 2.75) is 18.9 Å². The quantitative estimate of drug-likeness (QED) is 0.670. The van der Waals surface area contributed by atoms with Crippen LogP contribution in [0.5, 0.6) is 5.75 Å². The zero-order valence-corrected chi connectivity index (χ0v) is 14.4. The summed E-state index contributed by atoms with van der Waals surface area (Å²) in [6, 6.07) is 15.0. The van der Waals surface area contributed by atoms with Crippen molar-refractivity contribution in [2.75, 3.05) is 19.7 Å². The fraction of sp³-hybridized carbons (Fsp3) is 0.333. The third-order valence-corrected chi connectivity index (χ3v) is 3.97. The van der Waals surface area contributed by atoms with Crippen molar-refractivity contribution in [3.63, 3.8) is 0 Å². The second kappa shape index (κ2) is 9.78. The van der Waals surface area contributed by atoms with Gasteiger partial charge in [0.15, 0.2) is 0 Å². The maximum Gasteiger partial charge on any atom is 0.119 e. The number of hydrogen-bond acceptors (Lipinski definition) is 3. The number of rotatable bonds is 9. The lowest BCUT2D eigenvalue weighted by atomic mass is 10.1. The van der Waals surface area contributed by atoms with Gasteiger partial charge in [-0.15, -0.1) is 0 Å². The molecule has 3 nitrogen and oxygen atoms in total. The number of benzene rings is 2. The molecule has 0 aliphatic rings. The maximum absolute atomic E-state index is 9.88. The molecule has 23 heavy (non-hydrogen) atoms. The highest BCUT2D eigenvalue weighted by Crippen LogP contribution is 2.21. The van der Waals surface area contributed by atoms with E-state index in [9.17, 15) is 5.11 Å². The molecular weight excluding hydrogens is 333 g/mol. The smallest absolute Gasteiger partial charge is 0.119 e. The van der Waals surface area contributed by atoms with Crippen LogP contribution in [-0.4, -0.2) is 30.9 Å². The van der Waals surface area contributed by atoms with Gasteiger partial charge in [0.1, 0.15) is 18.5 Å².